The highest BCUT2D eigenvalue weighted by Gasteiger charge is 2.54. The molecule has 0 amide bonds. The second-order valence-electron chi connectivity index (χ2n) is 7.36. The Morgan fingerprint density at radius 1 is 0.952 bits per heavy atom. The van der Waals surface area contributed by atoms with E-state index in [0.29, 0.717) is 5.82 Å². The lowest BCUT2D eigenvalue weighted by Crippen LogP contribution is -2.48. The van der Waals surface area contributed by atoms with Crippen LogP contribution in [0.2, 0.25) is 0 Å². The van der Waals surface area contributed by atoms with Crippen LogP contribution in [0.3, 0.4) is 0 Å². The van der Waals surface area contributed by atoms with E-state index in [-0.39, 0.29) is 5.41 Å². The second kappa shape index (κ2) is 4.15. The number of aromatic nitrogens is 3. The van der Waals surface area contributed by atoms with Gasteiger partial charge < -0.3 is 4.52 Å². The van der Waals surface area contributed by atoms with Crippen LogP contribution in [0, 0.1) is 17.8 Å². The van der Waals surface area contributed by atoms with Crippen molar-refractivity contribution in [1.29, 1.82) is 0 Å². The Morgan fingerprint density at radius 2 is 1.57 bits per heavy atom. The first kappa shape index (κ1) is 11.9. The predicted molar refractivity (Wildman–Crippen MR) is 77.4 cm³/mol. The summed E-state index contributed by atoms with van der Waals surface area (Å²) in [7, 11) is 0. The van der Waals surface area contributed by atoms with Crippen LogP contribution in [0.25, 0.3) is 11.4 Å². The minimum atomic E-state index is 0.188. The van der Waals surface area contributed by atoms with Gasteiger partial charge in [-0.3, -0.25) is 4.98 Å². The van der Waals surface area contributed by atoms with E-state index in [2.05, 4.69) is 10.1 Å². The van der Waals surface area contributed by atoms with E-state index in [1.165, 1.54) is 38.5 Å². The van der Waals surface area contributed by atoms with E-state index in [4.69, 9.17) is 9.51 Å². The molecule has 6 rings (SSSR count). The van der Waals surface area contributed by atoms with E-state index in [0.717, 1.165) is 29.2 Å². The van der Waals surface area contributed by atoms with Gasteiger partial charge in [0.25, 0.3) is 0 Å². The molecule has 21 heavy (non-hydrogen) atoms. The maximum Gasteiger partial charge on any atom is 0.233 e. The van der Waals surface area contributed by atoms with E-state index in [1.54, 1.807) is 12.4 Å². The highest BCUT2D eigenvalue weighted by molar-refractivity contribution is 5.52. The Labute approximate surface area is 124 Å². The monoisotopic (exact) mass is 281 g/mol. The molecule has 4 aliphatic rings. The molecule has 0 saturated heterocycles. The SMILES string of the molecule is c1cc(-c2noc(C34CC5CC(CC(C5)C3)C4)n2)ccn1. The molecule has 4 nitrogen and oxygen atoms in total. The van der Waals surface area contributed by atoms with Crippen LogP contribution in [0.4, 0.5) is 0 Å². The van der Waals surface area contributed by atoms with Crippen LogP contribution < -0.4 is 0 Å². The van der Waals surface area contributed by atoms with Gasteiger partial charge in [0.05, 0.1) is 5.41 Å². The highest BCUT2D eigenvalue weighted by Crippen LogP contribution is 2.60. The van der Waals surface area contributed by atoms with E-state index < -0.39 is 0 Å². The molecule has 0 aromatic carbocycles. The fourth-order valence-corrected chi connectivity index (χ4v) is 5.43. The van der Waals surface area contributed by atoms with Crippen molar-refractivity contribution < 1.29 is 4.52 Å². The van der Waals surface area contributed by atoms with Crippen molar-refractivity contribution in [3.63, 3.8) is 0 Å². The average molecular weight is 281 g/mol. The van der Waals surface area contributed by atoms with Gasteiger partial charge in [0.1, 0.15) is 0 Å². The summed E-state index contributed by atoms with van der Waals surface area (Å²) in [5.41, 5.74) is 1.18. The molecule has 4 fully saturated rings. The average Bonchev–Trinajstić information content (AvgIpc) is 2.97. The molecular formula is C17H19N3O. The summed E-state index contributed by atoms with van der Waals surface area (Å²) in [5.74, 6) is 4.30. The normalized spacial score (nSPS) is 37.0. The van der Waals surface area contributed by atoms with E-state index in [9.17, 15) is 0 Å². The van der Waals surface area contributed by atoms with Crippen LogP contribution in [0.15, 0.2) is 29.0 Å². The molecule has 2 aromatic rings. The number of pyridine rings is 1. The number of rotatable bonds is 2. The molecular weight excluding hydrogens is 262 g/mol. The third kappa shape index (κ3) is 1.78. The van der Waals surface area contributed by atoms with Crippen LogP contribution >= 0.6 is 0 Å². The van der Waals surface area contributed by atoms with Gasteiger partial charge in [0.15, 0.2) is 0 Å². The van der Waals surface area contributed by atoms with Gasteiger partial charge in [-0.2, -0.15) is 4.98 Å². The second-order valence-corrected chi connectivity index (χ2v) is 7.36. The Bertz CT molecular complexity index is 628. The molecule has 0 N–H and O–H groups in total. The van der Waals surface area contributed by atoms with Gasteiger partial charge in [0.2, 0.25) is 11.7 Å². The smallest absolute Gasteiger partial charge is 0.233 e. The van der Waals surface area contributed by atoms with Crippen LogP contribution in [0.1, 0.15) is 44.4 Å². The summed E-state index contributed by atoms with van der Waals surface area (Å²) in [5, 5.41) is 4.23. The Kier molecular flexibility index (Phi) is 2.35. The summed E-state index contributed by atoms with van der Waals surface area (Å²) >= 11 is 0. The molecule has 0 spiro atoms. The van der Waals surface area contributed by atoms with Crippen LogP contribution in [0.5, 0.6) is 0 Å². The lowest BCUT2D eigenvalue weighted by Gasteiger charge is -2.55. The lowest BCUT2D eigenvalue weighted by atomic mass is 9.49. The van der Waals surface area contributed by atoms with Crippen molar-refractivity contribution in [2.24, 2.45) is 17.8 Å². The van der Waals surface area contributed by atoms with Gasteiger partial charge in [0, 0.05) is 18.0 Å². The molecule has 0 unspecified atom stereocenters. The number of hydrogen-bond acceptors (Lipinski definition) is 4. The predicted octanol–water partition coefficient (Wildman–Crippen LogP) is 3.60. The molecule has 4 saturated carbocycles. The third-order valence-electron chi connectivity index (χ3n) is 5.86. The minimum Gasteiger partial charge on any atom is -0.338 e. The zero-order valence-electron chi connectivity index (χ0n) is 12.0. The summed E-state index contributed by atoms with van der Waals surface area (Å²) < 4.78 is 5.72. The van der Waals surface area contributed by atoms with Crippen molar-refractivity contribution in [2.45, 2.75) is 43.9 Å². The topological polar surface area (TPSA) is 51.8 Å². The largest absolute Gasteiger partial charge is 0.338 e. The highest BCUT2D eigenvalue weighted by atomic mass is 16.5. The first-order valence-electron chi connectivity index (χ1n) is 8.05. The quantitative estimate of drug-likeness (QED) is 0.844. The summed E-state index contributed by atoms with van der Waals surface area (Å²) in [6.45, 7) is 0. The Balaban J connectivity index is 1.52. The zero-order chi connectivity index (χ0) is 13.9. The lowest BCUT2D eigenvalue weighted by molar-refractivity contribution is -0.0201. The molecule has 4 heteroatoms. The fourth-order valence-electron chi connectivity index (χ4n) is 5.43. The van der Waals surface area contributed by atoms with Gasteiger partial charge in [-0.25, -0.2) is 0 Å². The number of nitrogens with zero attached hydrogens (tertiary/aromatic N) is 3. The molecule has 2 heterocycles. The number of hydrogen-bond donors (Lipinski definition) is 0. The molecule has 108 valence electrons. The summed E-state index contributed by atoms with van der Waals surface area (Å²) in [6, 6.07) is 3.88. The molecule has 4 bridgehead atoms. The van der Waals surface area contributed by atoms with E-state index >= 15 is 0 Å². The Morgan fingerprint density at radius 3 is 2.19 bits per heavy atom. The molecule has 2 aromatic heterocycles. The van der Waals surface area contributed by atoms with Crippen molar-refractivity contribution in [3.05, 3.63) is 30.4 Å². The van der Waals surface area contributed by atoms with Gasteiger partial charge in [-0.15, -0.1) is 0 Å². The van der Waals surface area contributed by atoms with Gasteiger partial charge in [-0.1, -0.05) is 5.16 Å². The van der Waals surface area contributed by atoms with Crippen LogP contribution in [-0.2, 0) is 5.41 Å². The molecule has 0 aliphatic heterocycles. The molecule has 0 radical (unpaired) electrons. The first-order valence-corrected chi connectivity index (χ1v) is 8.05. The van der Waals surface area contributed by atoms with E-state index in [1.807, 2.05) is 12.1 Å². The Hall–Kier alpha value is -1.71. The molecule has 4 aliphatic carbocycles. The maximum absolute atomic E-state index is 5.72. The van der Waals surface area contributed by atoms with Crippen molar-refractivity contribution in [3.8, 4) is 11.4 Å². The molecule has 0 atom stereocenters. The standard InChI is InChI=1S/C17H19N3O/c1-3-18-4-2-14(1)15-19-16(21-20-15)17-8-11-5-12(9-17)7-13(6-11)10-17/h1-4,11-13H,5-10H2. The first-order chi connectivity index (χ1) is 10.3. The minimum absolute atomic E-state index is 0.188. The maximum atomic E-state index is 5.72. The van der Waals surface area contributed by atoms with Crippen molar-refractivity contribution in [1.82, 2.24) is 15.1 Å². The summed E-state index contributed by atoms with van der Waals surface area (Å²) in [4.78, 5) is 8.81. The van der Waals surface area contributed by atoms with Crippen LogP contribution in [-0.4, -0.2) is 15.1 Å². The van der Waals surface area contributed by atoms with Gasteiger partial charge >= 0.3 is 0 Å². The van der Waals surface area contributed by atoms with Crippen molar-refractivity contribution >= 4 is 0 Å². The summed E-state index contributed by atoms with van der Waals surface area (Å²) in [6.07, 6.45) is 11.6. The zero-order valence-corrected chi connectivity index (χ0v) is 12.0. The third-order valence-corrected chi connectivity index (χ3v) is 5.86. The van der Waals surface area contributed by atoms with Crippen molar-refractivity contribution in [2.75, 3.05) is 0 Å². The van der Waals surface area contributed by atoms with Gasteiger partial charge in [-0.05, 0) is 68.4 Å². The fraction of sp³-hybridized carbons (Fsp3) is 0.588.